The molecule has 0 aliphatic carbocycles. The quantitative estimate of drug-likeness (QED) is 0.489. The van der Waals surface area contributed by atoms with E-state index in [1.54, 1.807) is 11.1 Å². The fourth-order valence-electron chi connectivity index (χ4n) is 0.956. The highest BCUT2D eigenvalue weighted by molar-refractivity contribution is 7.99. The molecule has 8 heavy (non-hydrogen) atoms. The van der Waals surface area contributed by atoms with Crippen molar-refractivity contribution >= 4 is 11.8 Å². The van der Waals surface area contributed by atoms with E-state index in [1.807, 2.05) is 11.8 Å². The molecule has 1 rings (SSSR count). The molecular formula is C7H12S. The van der Waals surface area contributed by atoms with Crippen molar-refractivity contribution in [2.45, 2.75) is 20.3 Å². The van der Waals surface area contributed by atoms with Gasteiger partial charge in [0.2, 0.25) is 0 Å². The van der Waals surface area contributed by atoms with Crippen LogP contribution in [-0.4, -0.2) is 11.5 Å². The Morgan fingerprint density at radius 2 is 2.25 bits per heavy atom. The minimum atomic E-state index is 1.26. The largest absolute Gasteiger partial charge is 0.153 e. The molecule has 0 saturated heterocycles. The average molecular weight is 128 g/mol. The lowest BCUT2D eigenvalue weighted by molar-refractivity contribution is 1.08. The van der Waals surface area contributed by atoms with Crippen LogP contribution in [0.1, 0.15) is 20.3 Å². The molecule has 0 amide bonds. The molecule has 0 aromatic rings. The maximum absolute atomic E-state index is 2.25. The van der Waals surface area contributed by atoms with Crippen LogP contribution in [0.2, 0.25) is 0 Å². The first-order valence-electron chi connectivity index (χ1n) is 3.10. The van der Waals surface area contributed by atoms with E-state index < -0.39 is 0 Å². The maximum atomic E-state index is 2.25. The molecule has 0 saturated carbocycles. The van der Waals surface area contributed by atoms with Gasteiger partial charge in [-0.3, -0.25) is 0 Å². The molecule has 0 aromatic heterocycles. The number of hydrogen-bond donors (Lipinski definition) is 0. The van der Waals surface area contributed by atoms with Crippen LogP contribution in [0, 0.1) is 0 Å². The lowest BCUT2D eigenvalue weighted by Crippen LogP contribution is -1.80. The molecule has 0 radical (unpaired) electrons. The Hall–Kier alpha value is 0.0900. The first-order chi connectivity index (χ1) is 3.84. The van der Waals surface area contributed by atoms with Crippen LogP contribution < -0.4 is 0 Å². The van der Waals surface area contributed by atoms with Crippen molar-refractivity contribution in [1.29, 1.82) is 0 Å². The normalized spacial score (nSPS) is 20.2. The van der Waals surface area contributed by atoms with Crippen LogP contribution in [0.3, 0.4) is 0 Å². The SMILES string of the molecule is CCC1=C(C)CSC1. The van der Waals surface area contributed by atoms with Gasteiger partial charge in [0.25, 0.3) is 0 Å². The summed E-state index contributed by atoms with van der Waals surface area (Å²) in [5.41, 5.74) is 3.30. The van der Waals surface area contributed by atoms with E-state index in [1.165, 1.54) is 17.9 Å². The van der Waals surface area contributed by atoms with Crippen LogP contribution in [0.5, 0.6) is 0 Å². The second kappa shape index (κ2) is 2.58. The Labute approximate surface area is 55.4 Å². The predicted octanol–water partition coefficient (Wildman–Crippen LogP) is 2.46. The maximum Gasteiger partial charge on any atom is 0.0149 e. The highest BCUT2D eigenvalue weighted by atomic mass is 32.2. The van der Waals surface area contributed by atoms with E-state index in [9.17, 15) is 0 Å². The minimum absolute atomic E-state index is 1.26. The van der Waals surface area contributed by atoms with Crippen molar-refractivity contribution in [3.8, 4) is 0 Å². The lowest BCUT2D eigenvalue weighted by Gasteiger charge is -1.93. The number of thioether (sulfide) groups is 1. The molecule has 46 valence electrons. The first kappa shape index (κ1) is 6.21. The van der Waals surface area contributed by atoms with Crippen molar-refractivity contribution in [1.82, 2.24) is 0 Å². The Kier molecular flexibility index (Phi) is 2.01. The second-order valence-electron chi connectivity index (χ2n) is 2.23. The van der Waals surface area contributed by atoms with Crippen molar-refractivity contribution in [3.63, 3.8) is 0 Å². The topological polar surface area (TPSA) is 0 Å². The smallest absolute Gasteiger partial charge is 0.0149 e. The molecule has 0 bridgehead atoms. The van der Waals surface area contributed by atoms with E-state index in [0.717, 1.165) is 0 Å². The van der Waals surface area contributed by atoms with Crippen LogP contribution in [0.15, 0.2) is 11.1 Å². The van der Waals surface area contributed by atoms with Crippen molar-refractivity contribution in [3.05, 3.63) is 11.1 Å². The molecule has 0 spiro atoms. The zero-order valence-corrected chi connectivity index (χ0v) is 6.35. The summed E-state index contributed by atoms with van der Waals surface area (Å²) in [4.78, 5) is 0. The highest BCUT2D eigenvalue weighted by Crippen LogP contribution is 2.25. The van der Waals surface area contributed by atoms with Gasteiger partial charge in [0.1, 0.15) is 0 Å². The van der Waals surface area contributed by atoms with E-state index in [0.29, 0.717) is 0 Å². The third-order valence-electron chi connectivity index (χ3n) is 1.63. The Balaban J connectivity index is 2.58. The fourth-order valence-corrected chi connectivity index (χ4v) is 2.27. The van der Waals surface area contributed by atoms with E-state index in [4.69, 9.17) is 0 Å². The minimum Gasteiger partial charge on any atom is -0.153 e. The zero-order valence-electron chi connectivity index (χ0n) is 5.53. The van der Waals surface area contributed by atoms with Gasteiger partial charge in [-0.05, 0) is 13.3 Å². The van der Waals surface area contributed by atoms with Gasteiger partial charge in [0.05, 0.1) is 0 Å². The van der Waals surface area contributed by atoms with Gasteiger partial charge in [-0.2, -0.15) is 11.8 Å². The standard InChI is InChI=1S/C7H12S/c1-3-7-5-8-4-6(7)2/h3-5H2,1-2H3. The molecule has 1 aliphatic heterocycles. The van der Waals surface area contributed by atoms with Crippen LogP contribution in [-0.2, 0) is 0 Å². The summed E-state index contributed by atoms with van der Waals surface area (Å²) in [6.45, 7) is 4.49. The van der Waals surface area contributed by atoms with Crippen LogP contribution in [0.25, 0.3) is 0 Å². The molecule has 0 unspecified atom stereocenters. The zero-order chi connectivity index (χ0) is 5.98. The summed E-state index contributed by atoms with van der Waals surface area (Å²) in [5, 5.41) is 0. The van der Waals surface area contributed by atoms with Crippen LogP contribution >= 0.6 is 11.8 Å². The molecule has 1 aliphatic rings. The Morgan fingerprint density at radius 1 is 1.50 bits per heavy atom. The molecule has 1 heteroatoms. The van der Waals surface area contributed by atoms with Crippen LogP contribution in [0.4, 0.5) is 0 Å². The van der Waals surface area contributed by atoms with Gasteiger partial charge in [-0.1, -0.05) is 18.1 Å². The summed E-state index contributed by atoms with van der Waals surface area (Å²) < 4.78 is 0. The summed E-state index contributed by atoms with van der Waals surface area (Å²) in [6.07, 6.45) is 1.26. The third kappa shape index (κ3) is 1.08. The van der Waals surface area contributed by atoms with Crippen molar-refractivity contribution in [2.75, 3.05) is 11.5 Å². The van der Waals surface area contributed by atoms with E-state index >= 15 is 0 Å². The molecule has 0 atom stereocenters. The van der Waals surface area contributed by atoms with Crippen molar-refractivity contribution < 1.29 is 0 Å². The van der Waals surface area contributed by atoms with Gasteiger partial charge in [0.15, 0.2) is 0 Å². The van der Waals surface area contributed by atoms with Gasteiger partial charge >= 0.3 is 0 Å². The van der Waals surface area contributed by atoms with E-state index in [2.05, 4.69) is 13.8 Å². The van der Waals surface area contributed by atoms with Gasteiger partial charge in [-0.15, -0.1) is 0 Å². The monoisotopic (exact) mass is 128 g/mol. The molecule has 0 nitrogen and oxygen atoms in total. The molecule has 0 N–H and O–H groups in total. The number of rotatable bonds is 1. The highest BCUT2D eigenvalue weighted by Gasteiger charge is 2.07. The lowest BCUT2D eigenvalue weighted by atomic mass is 10.1. The Morgan fingerprint density at radius 3 is 2.50 bits per heavy atom. The van der Waals surface area contributed by atoms with Gasteiger partial charge in [0, 0.05) is 11.5 Å². The summed E-state index contributed by atoms with van der Waals surface area (Å²) >= 11 is 2.04. The molecule has 1 heterocycles. The summed E-state index contributed by atoms with van der Waals surface area (Å²) in [6, 6.07) is 0. The first-order valence-corrected chi connectivity index (χ1v) is 4.25. The number of hydrogen-bond acceptors (Lipinski definition) is 1. The van der Waals surface area contributed by atoms with Gasteiger partial charge in [-0.25, -0.2) is 0 Å². The average Bonchev–Trinajstić information content (AvgIpc) is 2.14. The summed E-state index contributed by atoms with van der Waals surface area (Å²) in [7, 11) is 0. The molecular weight excluding hydrogens is 116 g/mol. The fraction of sp³-hybridized carbons (Fsp3) is 0.714. The summed E-state index contributed by atoms with van der Waals surface area (Å²) in [5.74, 6) is 2.57. The third-order valence-corrected chi connectivity index (χ3v) is 2.81. The second-order valence-corrected chi connectivity index (χ2v) is 3.22. The van der Waals surface area contributed by atoms with E-state index in [-0.39, 0.29) is 0 Å². The van der Waals surface area contributed by atoms with Crippen molar-refractivity contribution in [2.24, 2.45) is 0 Å². The predicted molar refractivity (Wildman–Crippen MR) is 40.3 cm³/mol. The Bertz CT molecular complexity index is 114. The molecule has 0 fully saturated rings. The van der Waals surface area contributed by atoms with Gasteiger partial charge < -0.3 is 0 Å². The molecule has 0 aromatic carbocycles.